The van der Waals surface area contributed by atoms with Crippen molar-refractivity contribution in [2.75, 3.05) is 14.2 Å². The average molecular weight is 1120 g/mol. The molecule has 0 saturated heterocycles. The molecule has 4 aromatic heterocycles. The van der Waals surface area contributed by atoms with Gasteiger partial charge in [-0.15, -0.1) is 0 Å². The zero-order valence-corrected chi connectivity index (χ0v) is 48.7. The number of carbonyl (C=O) groups excluding carboxylic acids is 1. The van der Waals surface area contributed by atoms with Crippen molar-refractivity contribution in [1.29, 1.82) is 0 Å². The van der Waals surface area contributed by atoms with Crippen LogP contribution in [0, 0.1) is 0 Å². The Kier molecular flexibility index (Phi) is 10.6. The molecule has 18 rings (SSSR count). The lowest BCUT2D eigenvalue weighted by Crippen LogP contribution is -2.23. The summed E-state index contributed by atoms with van der Waals surface area (Å²) in [6.07, 6.45) is 3.75. The van der Waals surface area contributed by atoms with E-state index >= 15 is 0 Å². The standard InChI is InChI=1S/C37H34N4O3S.C35H29N3O/c1-37(2,3)45(43)38-27-17-22-18-30(27)41-29-12-8-5-9-24(29)31-26-20-39(19-21-13-15-23(44-4)16-14-21)36(42)33(26)32-25-10-6-7-11-28(25)40(22)35(32)34(31)41;1-20-16-23-17-30(20)38-29-11-7-4-8-25(29)32-27-19-36(18-22-12-14-24(39-3)15-13-22)21(2)31(27)33-26-9-5-6-10-28(26)37(23)35(33)34(32)38/h5-16,22,30H,17-20H2,1-4H3;4-15,23,30H,1-2,16-19H2,3H3/t22-,30-,45?;23-,30-/m00/s1. The van der Waals surface area contributed by atoms with Crippen LogP contribution in [0.1, 0.15) is 109 Å². The van der Waals surface area contributed by atoms with E-state index in [-0.39, 0.29) is 18.0 Å². The van der Waals surface area contributed by atoms with Gasteiger partial charge in [-0.05, 0) is 111 Å². The van der Waals surface area contributed by atoms with Crippen molar-refractivity contribution in [1.82, 2.24) is 28.1 Å². The number of rotatable bonds is 7. The molecule has 2 saturated carbocycles. The highest BCUT2D eigenvalue weighted by Crippen LogP contribution is 2.58. The van der Waals surface area contributed by atoms with E-state index in [1.54, 1.807) is 14.2 Å². The van der Waals surface area contributed by atoms with Crippen molar-refractivity contribution in [3.8, 4) is 11.5 Å². The van der Waals surface area contributed by atoms with Crippen LogP contribution >= 0.6 is 0 Å². The van der Waals surface area contributed by atoms with E-state index in [0.717, 1.165) is 116 Å². The summed E-state index contributed by atoms with van der Waals surface area (Å²) in [7, 11) is 2.03. The molecule has 0 spiro atoms. The predicted molar refractivity (Wildman–Crippen MR) is 342 cm³/mol. The summed E-state index contributed by atoms with van der Waals surface area (Å²) in [5.74, 6) is 1.77. The molecule has 1 unspecified atom stereocenters. The summed E-state index contributed by atoms with van der Waals surface area (Å²) in [6, 6.07) is 52.5. The zero-order valence-electron chi connectivity index (χ0n) is 47.9. The maximum absolute atomic E-state index is 14.5. The van der Waals surface area contributed by atoms with Gasteiger partial charge >= 0.3 is 0 Å². The number of para-hydroxylation sites is 4. The van der Waals surface area contributed by atoms with Gasteiger partial charge in [-0.25, -0.2) is 4.21 Å². The second kappa shape index (κ2) is 17.8. The van der Waals surface area contributed by atoms with Gasteiger partial charge in [-0.2, -0.15) is 4.40 Å². The van der Waals surface area contributed by atoms with Crippen LogP contribution in [0.15, 0.2) is 169 Å². The first-order chi connectivity index (χ1) is 40.9. The Labute approximate surface area is 488 Å². The number of benzene rings is 8. The SMILES string of the molecule is C=C1C[C@H]2C[C@@H]1n1c3ccccc3c3c4c(c5c6ccccc6n2c5c31)C(=C)N(Cc1ccc(OC)cc1)C4.COc1ccc(CN2Cc3c(c4c5ccccc5n5c4c4c3c3ccccc3n4[C@H]3C[C@@H]5CC3=NS(=O)C(C)(C)C)C2=O)cc1. The third-order valence-corrected chi connectivity index (χ3v) is 21.0. The van der Waals surface area contributed by atoms with Crippen molar-refractivity contribution < 1.29 is 18.5 Å². The van der Waals surface area contributed by atoms with Crippen LogP contribution < -0.4 is 9.47 Å². The van der Waals surface area contributed by atoms with E-state index in [4.69, 9.17) is 20.5 Å². The maximum atomic E-state index is 14.5. The van der Waals surface area contributed by atoms with Gasteiger partial charge in [0.1, 0.15) is 22.5 Å². The topological polar surface area (TPSA) is 91.2 Å². The van der Waals surface area contributed by atoms with E-state index in [2.05, 4.69) is 139 Å². The molecule has 1 amide bonds. The molecule has 4 aliphatic heterocycles. The lowest BCUT2D eigenvalue weighted by Gasteiger charge is -2.20. The molecule has 6 aliphatic rings. The summed E-state index contributed by atoms with van der Waals surface area (Å²) in [6.45, 7) is 18.0. The van der Waals surface area contributed by atoms with E-state index in [0.29, 0.717) is 25.2 Å². The summed E-state index contributed by atoms with van der Waals surface area (Å²) in [5, 5.41) is 9.95. The molecule has 8 aromatic carbocycles. The van der Waals surface area contributed by atoms with Gasteiger partial charge in [0.05, 0.1) is 64.4 Å². The van der Waals surface area contributed by atoms with Crippen LogP contribution in [0.5, 0.6) is 11.5 Å². The fourth-order valence-electron chi connectivity index (χ4n) is 16.1. The fourth-order valence-corrected chi connectivity index (χ4v) is 16.7. The summed E-state index contributed by atoms with van der Waals surface area (Å²) in [4.78, 5) is 19.0. The van der Waals surface area contributed by atoms with Crippen LogP contribution in [0.2, 0.25) is 0 Å². The normalized spacial score (nSPS) is 20.3. The van der Waals surface area contributed by atoms with Gasteiger partial charge in [0.2, 0.25) is 0 Å². The second-order valence-corrected chi connectivity index (χ2v) is 27.0. The van der Waals surface area contributed by atoms with Crippen LogP contribution in [-0.4, -0.2) is 62.9 Å². The largest absolute Gasteiger partial charge is 0.497 e. The van der Waals surface area contributed by atoms with E-state index in [9.17, 15) is 9.00 Å². The molecule has 8 heterocycles. The van der Waals surface area contributed by atoms with Gasteiger partial charge in [-0.3, -0.25) is 4.79 Å². The van der Waals surface area contributed by atoms with Gasteiger partial charge in [0, 0.05) is 121 Å². The molecule has 11 nitrogen and oxygen atoms in total. The van der Waals surface area contributed by atoms with Crippen molar-refractivity contribution in [2.45, 2.75) is 102 Å². The molecule has 12 aromatic rings. The van der Waals surface area contributed by atoms with Crippen molar-refractivity contribution in [3.63, 3.8) is 0 Å². The van der Waals surface area contributed by atoms with Gasteiger partial charge < -0.3 is 37.5 Å². The van der Waals surface area contributed by atoms with E-state index in [1.807, 2.05) is 62.1 Å². The Bertz CT molecular complexity index is 4990. The number of aromatic nitrogens is 4. The van der Waals surface area contributed by atoms with Crippen molar-refractivity contribution >= 4 is 116 Å². The van der Waals surface area contributed by atoms with Gasteiger partial charge in [0.15, 0.2) is 0 Å². The molecular weight excluding hydrogens is 1060 g/mol. The van der Waals surface area contributed by atoms with Gasteiger partial charge in [0.25, 0.3) is 5.91 Å². The average Bonchev–Trinajstić information content (AvgIpc) is 1.61. The Hall–Kier alpha value is -8.87. The predicted octanol–water partition coefficient (Wildman–Crippen LogP) is 16.2. The monoisotopic (exact) mass is 1120 g/mol. The minimum atomic E-state index is -1.35. The molecule has 416 valence electrons. The van der Waals surface area contributed by atoms with E-state index in [1.165, 1.54) is 71.4 Å². The Morgan fingerprint density at radius 2 is 0.940 bits per heavy atom. The molecule has 5 atom stereocenters. The fraction of sp³-hybridized carbons (Fsp3) is 0.250. The highest BCUT2D eigenvalue weighted by Gasteiger charge is 2.45. The molecule has 0 N–H and O–H groups in total. The number of nitrogens with zero attached hydrogens (tertiary/aromatic N) is 7. The molecule has 0 radical (unpaired) electrons. The molecule has 84 heavy (non-hydrogen) atoms. The lowest BCUT2D eigenvalue weighted by atomic mass is 9.96. The number of fused-ring (bicyclic) bond motifs is 26. The number of ether oxygens (including phenoxy) is 2. The van der Waals surface area contributed by atoms with Crippen molar-refractivity contribution in [2.24, 2.45) is 4.40 Å². The summed E-state index contributed by atoms with van der Waals surface area (Å²) >= 11 is 0. The molecule has 4 bridgehead atoms. The maximum Gasteiger partial charge on any atom is 0.255 e. The van der Waals surface area contributed by atoms with Crippen LogP contribution in [0.4, 0.5) is 0 Å². The smallest absolute Gasteiger partial charge is 0.255 e. The number of methoxy groups -OCH3 is 2. The zero-order chi connectivity index (χ0) is 56.8. The minimum Gasteiger partial charge on any atom is -0.497 e. The third-order valence-electron chi connectivity index (χ3n) is 19.6. The summed E-state index contributed by atoms with van der Waals surface area (Å²) < 4.78 is 39.0. The number of allylic oxidation sites excluding steroid dienone is 1. The molecule has 12 heteroatoms. The van der Waals surface area contributed by atoms with Crippen LogP contribution in [0.3, 0.4) is 0 Å². The minimum absolute atomic E-state index is 0.00359. The quantitative estimate of drug-likeness (QED) is 0.148. The van der Waals surface area contributed by atoms with E-state index < -0.39 is 15.7 Å². The molecular formula is C72H63N7O4S. The third kappa shape index (κ3) is 6.77. The summed E-state index contributed by atoms with van der Waals surface area (Å²) in [5.41, 5.74) is 20.5. The highest BCUT2D eigenvalue weighted by atomic mass is 32.2. The van der Waals surface area contributed by atoms with Gasteiger partial charge in [-0.1, -0.05) is 116 Å². The second-order valence-electron chi connectivity index (χ2n) is 25.1. The number of hydrogen-bond acceptors (Lipinski definition) is 5. The molecule has 2 fully saturated rings. The van der Waals surface area contributed by atoms with Crippen LogP contribution in [0.25, 0.3) is 92.9 Å². The van der Waals surface area contributed by atoms with Crippen LogP contribution in [-0.2, 0) is 37.2 Å². The number of carbonyl (C=O) groups is 1. The number of hydrogen-bond donors (Lipinski definition) is 0. The van der Waals surface area contributed by atoms with Crippen molar-refractivity contribution in [3.05, 3.63) is 198 Å². The highest BCUT2D eigenvalue weighted by molar-refractivity contribution is 7.85. The number of amides is 1. The molecule has 2 aliphatic carbocycles. The first kappa shape index (κ1) is 49.7. The Morgan fingerprint density at radius 3 is 1.46 bits per heavy atom. The first-order valence-corrected chi connectivity index (χ1v) is 30.7. The first-order valence-electron chi connectivity index (χ1n) is 29.5. The Morgan fingerprint density at radius 1 is 0.524 bits per heavy atom. The Balaban J connectivity index is 0.000000134. The lowest BCUT2D eigenvalue weighted by molar-refractivity contribution is 0.0768.